The van der Waals surface area contributed by atoms with Crippen molar-refractivity contribution in [2.75, 3.05) is 14.2 Å². The zero-order chi connectivity index (χ0) is 27.2. The van der Waals surface area contributed by atoms with Crippen LogP contribution in [0.15, 0.2) is 42.7 Å². The molecule has 1 aromatic carbocycles. The van der Waals surface area contributed by atoms with Crippen LogP contribution in [0.1, 0.15) is 62.0 Å². The van der Waals surface area contributed by atoms with E-state index in [9.17, 15) is 14.3 Å². The predicted octanol–water partition coefficient (Wildman–Crippen LogP) is 5.89. The van der Waals surface area contributed by atoms with Gasteiger partial charge in [-0.25, -0.2) is 14.4 Å². The summed E-state index contributed by atoms with van der Waals surface area (Å²) in [5.41, 5.74) is 4.41. The summed E-state index contributed by atoms with van der Waals surface area (Å²) in [6, 6.07) is 9.25. The molecule has 0 radical (unpaired) electrons. The fourth-order valence-electron chi connectivity index (χ4n) is 5.91. The Kier molecular flexibility index (Phi) is 6.63. The molecule has 0 amide bonds. The number of ether oxygens (including phenoxy) is 3. The number of nitrogens with zero attached hydrogens (tertiary/aromatic N) is 2. The first kappa shape index (κ1) is 26.1. The molecule has 0 unspecified atom stereocenters. The number of aromatic nitrogens is 2. The van der Waals surface area contributed by atoms with Gasteiger partial charge in [0.05, 0.1) is 25.3 Å². The molecular weight excluding hydrogens is 487 g/mol. The van der Waals surface area contributed by atoms with Crippen molar-refractivity contribution < 1.29 is 28.5 Å². The monoisotopic (exact) mass is 520 g/mol. The van der Waals surface area contributed by atoms with E-state index in [4.69, 9.17) is 14.2 Å². The molecule has 3 atom stereocenters. The maximum atomic E-state index is 14.9. The lowest BCUT2D eigenvalue weighted by Gasteiger charge is -2.32. The minimum absolute atomic E-state index is 0.247. The average molecular weight is 521 g/mol. The molecule has 0 saturated heterocycles. The summed E-state index contributed by atoms with van der Waals surface area (Å²) in [4.78, 5) is 20.1. The summed E-state index contributed by atoms with van der Waals surface area (Å²) >= 11 is 0. The molecule has 1 fully saturated rings. The molecule has 0 bridgehead atoms. The van der Waals surface area contributed by atoms with Crippen molar-refractivity contribution >= 4 is 5.97 Å². The van der Waals surface area contributed by atoms with Gasteiger partial charge in [-0.3, -0.25) is 4.79 Å². The topological polar surface area (TPSA) is 90.8 Å². The molecule has 8 heteroatoms. The normalized spacial score (nSPS) is 20.7. The molecule has 1 spiro atoms. The number of carboxylic acid groups (broad SMARTS) is 1. The van der Waals surface area contributed by atoms with E-state index in [2.05, 4.69) is 30.7 Å². The van der Waals surface area contributed by atoms with Gasteiger partial charge in [-0.15, -0.1) is 0 Å². The van der Waals surface area contributed by atoms with Crippen LogP contribution in [0, 0.1) is 17.2 Å². The number of benzene rings is 1. The lowest BCUT2D eigenvalue weighted by atomic mass is 9.81. The zero-order valence-corrected chi connectivity index (χ0v) is 22.4. The molecule has 1 saturated carbocycles. The Labute approximate surface area is 222 Å². The third kappa shape index (κ3) is 4.62. The number of hydrogen-bond acceptors (Lipinski definition) is 6. The summed E-state index contributed by atoms with van der Waals surface area (Å²) in [7, 11) is 3.15. The Morgan fingerprint density at radius 3 is 2.55 bits per heavy atom. The number of carboxylic acids is 1. The molecular formula is C30H33FN2O5. The van der Waals surface area contributed by atoms with Crippen LogP contribution >= 0.6 is 0 Å². The first-order valence-corrected chi connectivity index (χ1v) is 12.8. The zero-order valence-electron chi connectivity index (χ0n) is 22.4. The Morgan fingerprint density at radius 2 is 1.89 bits per heavy atom. The Morgan fingerprint density at radius 1 is 1.13 bits per heavy atom. The van der Waals surface area contributed by atoms with E-state index in [0.29, 0.717) is 29.3 Å². The lowest BCUT2D eigenvalue weighted by Crippen LogP contribution is -2.21. The first-order chi connectivity index (χ1) is 18.1. The smallest absolute Gasteiger partial charge is 0.307 e. The van der Waals surface area contributed by atoms with Gasteiger partial charge < -0.3 is 19.3 Å². The van der Waals surface area contributed by atoms with E-state index in [1.807, 2.05) is 30.5 Å². The second-order valence-electron chi connectivity index (χ2n) is 11.3. The largest absolute Gasteiger partial charge is 0.481 e. The van der Waals surface area contributed by atoms with Gasteiger partial charge in [0.1, 0.15) is 12.4 Å². The summed E-state index contributed by atoms with van der Waals surface area (Å²) < 4.78 is 32.2. The van der Waals surface area contributed by atoms with Crippen molar-refractivity contribution in [3.05, 3.63) is 70.8 Å². The van der Waals surface area contributed by atoms with Crippen molar-refractivity contribution in [3.63, 3.8) is 0 Å². The van der Waals surface area contributed by atoms with Crippen LogP contribution < -0.4 is 9.47 Å². The highest BCUT2D eigenvalue weighted by molar-refractivity contribution is 5.78. The minimum Gasteiger partial charge on any atom is -0.481 e. The molecule has 2 aliphatic rings. The van der Waals surface area contributed by atoms with Gasteiger partial charge in [-0.2, -0.15) is 0 Å². The Hall–Kier alpha value is -3.52. The summed E-state index contributed by atoms with van der Waals surface area (Å²) in [5.74, 6) is -0.721. The first-order valence-electron chi connectivity index (χ1n) is 12.8. The second-order valence-corrected chi connectivity index (χ2v) is 11.3. The summed E-state index contributed by atoms with van der Waals surface area (Å²) in [6.07, 6.45) is 5.01. The molecule has 2 heterocycles. The van der Waals surface area contributed by atoms with Gasteiger partial charge in [-0.05, 0) is 58.6 Å². The molecule has 38 heavy (non-hydrogen) atoms. The van der Waals surface area contributed by atoms with Crippen LogP contribution in [-0.2, 0) is 28.0 Å². The van der Waals surface area contributed by atoms with Gasteiger partial charge in [0.25, 0.3) is 0 Å². The maximum Gasteiger partial charge on any atom is 0.307 e. The summed E-state index contributed by atoms with van der Waals surface area (Å²) in [5, 5.41) is 9.53. The highest BCUT2D eigenvalue weighted by Gasteiger charge is 2.62. The molecule has 3 aromatic rings. The fourth-order valence-corrected chi connectivity index (χ4v) is 5.91. The number of halogens is 1. The standard InChI is InChI=1S/C30H33FN2O5/c1-29(2,3)27(37-5)21-10-17(6-7-19(21)20-11-25(36-4)33-15-24(20)31)16-38-26-12-22-18(14-32-26)8-9-30(22)13-23(30)28(34)35/h6-7,10-12,14-15,23,27H,8-9,13,16H2,1-5H3,(H,34,35)/t23-,27+,30-/m1/s1. The number of carbonyl (C=O) groups is 1. The van der Waals surface area contributed by atoms with E-state index < -0.39 is 11.8 Å². The average Bonchev–Trinajstić information content (AvgIpc) is 3.52. The van der Waals surface area contributed by atoms with E-state index in [-0.39, 0.29) is 29.5 Å². The van der Waals surface area contributed by atoms with Crippen LogP contribution in [0.2, 0.25) is 0 Å². The number of hydrogen-bond donors (Lipinski definition) is 1. The molecule has 2 aliphatic carbocycles. The van der Waals surface area contributed by atoms with Crippen molar-refractivity contribution in [3.8, 4) is 22.9 Å². The highest BCUT2D eigenvalue weighted by atomic mass is 19.1. The number of aliphatic carboxylic acids is 1. The quantitative estimate of drug-likeness (QED) is 0.396. The maximum absolute atomic E-state index is 14.9. The van der Waals surface area contributed by atoms with Crippen LogP contribution in [0.25, 0.3) is 11.1 Å². The van der Waals surface area contributed by atoms with Crippen LogP contribution in [0.5, 0.6) is 11.8 Å². The van der Waals surface area contributed by atoms with Crippen molar-refractivity contribution in [2.24, 2.45) is 11.3 Å². The molecule has 7 nitrogen and oxygen atoms in total. The molecule has 0 aliphatic heterocycles. The number of rotatable bonds is 8. The van der Waals surface area contributed by atoms with Gasteiger partial charge in [0, 0.05) is 36.4 Å². The van der Waals surface area contributed by atoms with Gasteiger partial charge >= 0.3 is 5.97 Å². The van der Waals surface area contributed by atoms with E-state index >= 15 is 0 Å². The van der Waals surface area contributed by atoms with E-state index in [1.165, 1.54) is 7.11 Å². The van der Waals surface area contributed by atoms with E-state index in [0.717, 1.165) is 41.3 Å². The van der Waals surface area contributed by atoms with Crippen LogP contribution in [0.4, 0.5) is 4.39 Å². The van der Waals surface area contributed by atoms with Gasteiger partial charge in [-0.1, -0.05) is 32.9 Å². The number of methoxy groups -OCH3 is 2. The predicted molar refractivity (Wildman–Crippen MR) is 140 cm³/mol. The number of aryl methyl sites for hydroxylation is 1. The Balaban J connectivity index is 1.45. The lowest BCUT2D eigenvalue weighted by molar-refractivity contribution is -0.139. The van der Waals surface area contributed by atoms with Crippen molar-refractivity contribution in [1.29, 1.82) is 0 Å². The molecule has 5 rings (SSSR count). The second kappa shape index (κ2) is 9.66. The number of fused-ring (bicyclic) bond motifs is 2. The van der Waals surface area contributed by atoms with Crippen LogP contribution in [0.3, 0.4) is 0 Å². The number of pyridine rings is 2. The van der Waals surface area contributed by atoms with Crippen molar-refractivity contribution in [1.82, 2.24) is 9.97 Å². The SMILES string of the molecule is COc1cc(-c2ccc(COc3cc4c(cn3)CC[C@@]43C[C@@H]3C(=O)O)cc2[C@H](OC)C(C)(C)C)c(F)cn1. The molecule has 2 aromatic heterocycles. The minimum atomic E-state index is -0.737. The van der Waals surface area contributed by atoms with Crippen molar-refractivity contribution in [2.45, 2.75) is 58.2 Å². The van der Waals surface area contributed by atoms with Gasteiger partial charge in [0.15, 0.2) is 0 Å². The molecule has 200 valence electrons. The molecule has 1 N–H and O–H groups in total. The van der Waals surface area contributed by atoms with E-state index in [1.54, 1.807) is 13.2 Å². The highest BCUT2D eigenvalue weighted by Crippen LogP contribution is 2.61. The van der Waals surface area contributed by atoms with Crippen LogP contribution in [-0.4, -0.2) is 35.3 Å². The Bertz CT molecular complexity index is 1390. The third-order valence-corrected chi connectivity index (χ3v) is 7.85. The summed E-state index contributed by atoms with van der Waals surface area (Å²) in [6.45, 7) is 6.47. The van der Waals surface area contributed by atoms with Gasteiger partial charge in [0.2, 0.25) is 11.8 Å². The fraction of sp³-hybridized carbons (Fsp3) is 0.433. The third-order valence-electron chi connectivity index (χ3n) is 7.85.